The third kappa shape index (κ3) is 3.61. The van der Waals surface area contributed by atoms with Crippen LogP contribution in [0.2, 0.25) is 0 Å². The number of hydrogen-bond donors (Lipinski definition) is 0. The molecule has 1 aliphatic carbocycles. The van der Waals surface area contributed by atoms with E-state index in [1.165, 1.54) is 4.90 Å². The van der Waals surface area contributed by atoms with Crippen molar-refractivity contribution in [2.45, 2.75) is 63.4 Å². The first kappa shape index (κ1) is 16.5. The number of esters is 1. The highest BCUT2D eigenvalue weighted by Crippen LogP contribution is 2.44. The quantitative estimate of drug-likeness (QED) is 0.721. The third-order valence-electron chi connectivity index (χ3n) is 4.52. The van der Waals surface area contributed by atoms with Gasteiger partial charge in [-0.15, -0.1) is 0 Å². The zero-order valence-electron chi connectivity index (χ0n) is 14.1. The molecule has 0 atom stereocenters. The summed E-state index contributed by atoms with van der Waals surface area (Å²) < 4.78 is 22.3. The number of carbonyl (C=O) groups excluding carboxylic acids is 2. The van der Waals surface area contributed by atoms with Crippen LogP contribution in [0.5, 0.6) is 0 Å². The fraction of sp³-hybridized carbons (Fsp3) is 0.875. The maximum absolute atomic E-state index is 12.1. The van der Waals surface area contributed by atoms with Crippen molar-refractivity contribution in [1.29, 1.82) is 0 Å². The van der Waals surface area contributed by atoms with E-state index in [2.05, 4.69) is 0 Å². The van der Waals surface area contributed by atoms with Crippen LogP contribution in [0, 0.1) is 0 Å². The fourth-order valence-electron chi connectivity index (χ4n) is 3.48. The van der Waals surface area contributed by atoms with Crippen molar-refractivity contribution >= 4 is 12.1 Å². The van der Waals surface area contributed by atoms with Crippen molar-refractivity contribution in [3.63, 3.8) is 0 Å². The van der Waals surface area contributed by atoms with Crippen LogP contribution in [0.25, 0.3) is 0 Å². The van der Waals surface area contributed by atoms with E-state index in [1.807, 2.05) is 0 Å². The van der Waals surface area contributed by atoms with Gasteiger partial charge in [0.1, 0.15) is 17.7 Å². The molecule has 2 saturated heterocycles. The number of amides is 1. The van der Waals surface area contributed by atoms with Crippen LogP contribution in [0.4, 0.5) is 4.79 Å². The highest BCUT2D eigenvalue weighted by molar-refractivity contribution is 5.79. The lowest BCUT2D eigenvalue weighted by Gasteiger charge is -2.39. The molecule has 2 aliphatic heterocycles. The molecule has 7 nitrogen and oxygen atoms in total. The molecule has 3 fully saturated rings. The van der Waals surface area contributed by atoms with Gasteiger partial charge in [0.05, 0.1) is 19.8 Å². The number of hydrogen-bond acceptors (Lipinski definition) is 6. The Kier molecular flexibility index (Phi) is 4.04. The molecule has 23 heavy (non-hydrogen) atoms. The summed E-state index contributed by atoms with van der Waals surface area (Å²) in [5.74, 6) is -0.905. The summed E-state index contributed by atoms with van der Waals surface area (Å²) >= 11 is 0. The maximum Gasteiger partial charge on any atom is 0.411 e. The zero-order valence-corrected chi connectivity index (χ0v) is 14.1. The van der Waals surface area contributed by atoms with E-state index in [1.54, 1.807) is 20.8 Å². The van der Waals surface area contributed by atoms with Crippen LogP contribution in [0.1, 0.15) is 46.5 Å². The second kappa shape index (κ2) is 5.63. The average Bonchev–Trinajstić information content (AvgIpc) is 2.99. The summed E-state index contributed by atoms with van der Waals surface area (Å²) in [4.78, 5) is 25.5. The maximum atomic E-state index is 12.1. The van der Waals surface area contributed by atoms with Crippen molar-refractivity contribution in [3.05, 3.63) is 0 Å². The van der Waals surface area contributed by atoms with Gasteiger partial charge in [-0.2, -0.15) is 0 Å². The number of carbonyl (C=O) groups is 2. The lowest BCUT2D eigenvalue weighted by atomic mass is 9.81. The minimum atomic E-state index is -0.563. The molecule has 1 amide bonds. The Balaban J connectivity index is 1.56. The molecule has 0 aromatic carbocycles. The monoisotopic (exact) mass is 327 g/mol. The van der Waals surface area contributed by atoms with Gasteiger partial charge in [-0.1, -0.05) is 0 Å². The Bertz CT molecular complexity index is 481. The number of rotatable bonds is 2. The van der Waals surface area contributed by atoms with Crippen molar-refractivity contribution in [2.24, 2.45) is 0 Å². The Hall–Kier alpha value is -1.34. The van der Waals surface area contributed by atoms with Gasteiger partial charge in [0.2, 0.25) is 0 Å². The summed E-state index contributed by atoms with van der Waals surface area (Å²) in [6, 6.07) is 0. The molecule has 0 aromatic heterocycles. The lowest BCUT2D eigenvalue weighted by Crippen LogP contribution is -2.46. The topological polar surface area (TPSA) is 74.3 Å². The van der Waals surface area contributed by atoms with E-state index in [4.69, 9.17) is 18.9 Å². The van der Waals surface area contributed by atoms with Crippen LogP contribution in [0.3, 0.4) is 0 Å². The molecule has 0 bridgehead atoms. The molecule has 0 N–H and O–H groups in total. The van der Waals surface area contributed by atoms with Crippen LogP contribution < -0.4 is 0 Å². The highest BCUT2D eigenvalue weighted by Gasteiger charge is 2.53. The molecular formula is C16H25NO6. The van der Waals surface area contributed by atoms with Crippen LogP contribution in [-0.4, -0.2) is 60.3 Å². The first-order valence-electron chi connectivity index (χ1n) is 8.19. The van der Waals surface area contributed by atoms with Gasteiger partial charge in [-0.25, -0.2) is 4.79 Å². The standard InChI is InChI=1S/C16H25NO6/c1-14(2,3)22-12(18)10-17-11-15(23-13(17)19)4-6-16(7-5-15)20-8-9-21-16/h4-11H2,1-3H3. The summed E-state index contributed by atoms with van der Waals surface area (Å²) in [6.07, 6.45) is 2.34. The van der Waals surface area contributed by atoms with Crippen molar-refractivity contribution < 1.29 is 28.5 Å². The summed E-state index contributed by atoms with van der Waals surface area (Å²) in [6.45, 7) is 7.00. The predicted octanol–water partition coefficient (Wildman–Crippen LogP) is 1.84. The summed E-state index contributed by atoms with van der Waals surface area (Å²) in [5, 5.41) is 0. The Morgan fingerprint density at radius 3 is 2.35 bits per heavy atom. The molecule has 130 valence electrons. The second-order valence-corrected chi connectivity index (χ2v) is 7.60. The van der Waals surface area contributed by atoms with Crippen LogP contribution >= 0.6 is 0 Å². The zero-order chi connectivity index (χ0) is 16.7. The number of nitrogens with zero attached hydrogens (tertiary/aromatic N) is 1. The molecule has 0 aromatic rings. The van der Waals surface area contributed by atoms with Gasteiger partial charge in [-0.05, 0) is 33.6 Å². The van der Waals surface area contributed by atoms with Gasteiger partial charge in [0.25, 0.3) is 0 Å². The fourth-order valence-corrected chi connectivity index (χ4v) is 3.48. The molecule has 2 heterocycles. The van der Waals surface area contributed by atoms with E-state index in [-0.39, 0.29) is 6.54 Å². The Labute approximate surface area is 136 Å². The van der Waals surface area contributed by atoms with Gasteiger partial charge in [-0.3, -0.25) is 9.69 Å². The molecule has 1 saturated carbocycles. The minimum absolute atomic E-state index is 0.0734. The Morgan fingerprint density at radius 2 is 1.78 bits per heavy atom. The van der Waals surface area contributed by atoms with Crippen molar-refractivity contribution in [3.8, 4) is 0 Å². The molecule has 3 rings (SSSR count). The summed E-state index contributed by atoms with van der Waals surface area (Å²) in [5.41, 5.74) is -1.09. The smallest absolute Gasteiger partial charge is 0.411 e. The van der Waals surface area contributed by atoms with E-state index in [0.717, 1.165) is 0 Å². The van der Waals surface area contributed by atoms with E-state index < -0.39 is 29.1 Å². The first-order valence-corrected chi connectivity index (χ1v) is 8.19. The van der Waals surface area contributed by atoms with Crippen LogP contribution in [0.15, 0.2) is 0 Å². The van der Waals surface area contributed by atoms with Gasteiger partial charge in [0.15, 0.2) is 5.79 Å². The van der Waals surface area contributed by atoms with Crippen molar-refractivity contribution in [1.82, 2.24) is 4.90 Å². The van der Waals surface area contributed by atoms with Gasteiger partial charge < -0.3 is 18.9 Å². The summed E-state index contributed by atoms with van der Waals surface area (Å²) in [7, 11) is 0. The first-order chi connectivity index (χ1) is 10.7. The molecular weight excluding hydrogens is 302 g/mol. The Morgan fingerprint density at radius 1 is 1.17 bits per heavy atom. The van der Waals surface area contributed by atoms with E-state index in [0.29, 0.717) is 45.4 Å². The average molecular weight is 327 g/mol. The second-order valence-electron chi connectivity index (χ2n) is 7.60. The van der Waals surface area contributed by atoms with Gasteiger partial charge >= 0.3 is 12.1 Å². The van der Waals surface area contributed by atoms with E-state index in [9.17, 15) is 9.59 Å². The predicted molar refractivity (Wildman–Crippen MR) is 79.7 cm³/mol. The molecule has 3 aliphatic rings. The molecule has 0 radical (unpaired) electrons. The van der Waals surface area contributed by atoms with E-state index >= 15 is 0 Å². The largest absolute Gasteiger partial charge is 0.459 e. The third-order valence-corrected chi connectivity index (χ3v) is 4.52. The highest BCUT2D eigenvalue weighted by atomic mass is 16.7. The molecule has 0 unspecified atom stereocenters. The normalized spacial score (nSPS) is 25.9. The van der Waals surface area contributed by atoms with Crippen molar-refractivity contribution in [2.75, 3.05) is 26.3 Å². The van der Waals surface area contributed by atoms with Crippen LogP contribution in [-0.2, 0) is 23.7 Å². The minimum Gasteiger partial charge on any atom is -0.459 e. The van der Waals surface area contributed by atoms with Gasteiger partial charge in [0, 0.05) is 12.8 Å². The lowest BCUT2D eigenvalue weighted by molar-refractivity contribution is -0.197. The molecule has 7 heteroatoms. The SMILES string of the molecule is CC(C)(C)OC(=O)CN1CC2(CCC3(CC2)OCCO3)OC1=O. The molecule has 2 spiro atoms. The number of ether oxygens (including phenoxy) is 4.